The average Bonchev–Trinajstić information content (AvgIpc) is 1.60. The summed E-state index contributed by atoms with van der Waals surface area (Å²) < 4.78 is 4.24. The number of hydrogen-bond donors (Lipinski definition) is 0. The summed E-state index contributed by atoms with van der Waals surface area (Å²) in [7, 11) is 0. The molecule has 2 nitrogen and oxygen atoms in total. The van der Waals surface area contributed by atoms with Gasteiger partial charge in [0.15, 0.2) is 0 Å². The van der Waals surface area contributed by atoms with Gasteiger partial charge in [0, 0.05) is 11.6 Å². The minimum absolute atomic E-state index is 0.308. The zero-order chi connectivity index (χ0) is 8.36. The Morgan fingerprint density at radius 2 is 2.10 bits per heavy atom. The molecule has 0 aromatic rings. The van der Waals surface area contributed by atoms with Gasteiger partial charge in [0.25, 0.3) is 0 Å². The van der Waals surface area contributed by atoms with Gasteiger partial charge in [0.05, 0.1) is 0 Å². The minimum atomic E-state index is -0.794. The minimum Gasteiger partial charge on any atom is -0.448 e. The highest BCUT2D eigenvalue weighted by Crippen LogP contribution is 2.31. The van der Waals surface area contributed by atoms with Crippen LogP contribution in [0.5, 0.6) is 0 Å². The predicted octanol–water partition coefficient (Wildman–Crippen LogP) is 3.26. The van der Waals surface area contributed by atoms with Crippen LogP contribution in [0.25, 0.3) is 0 Å². The zero-order valence-corrected chi connectivity index (χ0v) is 9.46. The van der Waals surface area contributed by atoms with Gasteiger partial charge < -0.3 is 4.74 Å². The van der Waals surface area contributed by atoms with Crippen LogP contribution in [0.3, 0.4) is 0 Å². The smallest absolute Gasteiger partial charge is 0.404 e. The van der Waals surface area contributed by atoms with Gasteiger partial charge >= 0.3 is 5.43 Å². The van der Waals surface area contributed by atoms with Crippen LogP contribution in [0.4, 0.5) is 4.79 Å². The Balaban J connectivity index is 3.85. The molecule has 0 bridgehead atoms. The van der Waals surface area contributed by atoms with Crippen LogP contribution in [-0.4, -0.2) is 14.8 Å². The first-order valence-electron chi connectivity index (χ1n) is 2.58. The van der Waals surface area contributed by atoms with Crippen LogP contribution >= 0.6 is 43.5 Å². The maximum atomic E-state index is 10.2. The molecule has 1 atom stereocenters. The van der Waals surface area contributed by atoms with E-state index in [9.17, 15) is 4.79 Å². The number of ether oxygens (including phenoxy) is 1. The SMILES string of the molecule is CC(OC(=O)Cl)C(C)(Br)Br. The molecule has 0 heterocycles. The van der Waals surface area contributed by atoms with Crippen LogP contribution in [0.2, 0.25) is 0 Å². The van der Waals surface area contributed by atoms with Crippen molar-refractivity contribution in [2.45, 2.75) is 23.2 Å². The van der Waals surface area contributed by atoms with Crippen molar-refractivity contribution in [2.24, 2.45) is 0 Å². The molecular weight excluding hydrogens is 287 g/mol. The van der Waals surface area contributed by atoms with E-state index in [1.807, 2.05) is 6.92 Å². The van der Waals surface area contributed by atoms with Crippen molar-refractivity contribution in [1.82, 2.24) is 0 Å². The third kappa shape index (κ3) is 4.52. The number of rotatable bonds is 2. The Morgan fingerprint density at radius 1 is 1.70 bits per heavy atom. The second-order valence-electron chi connectivity index (χ2n) is 1.95. The zero-order valence-electron chi connectivity index (χ0n) is 5.53. The number of carbonyl (C=O) groups excluding carboxylic acids is 1. The largest absolute Gasteiger partial charge is 0.448 e. The second-order valence-corrected chi connectivity index (χ2v) is 6.62. The average molecular weight is 294 g/mol. The van der Waals surface area contributed by atoms with Crippen molar-refractivity contribution in [1.29, 1.82) is 0 Å². The maximum absolute atomic E-state index is 10.2. The van der Waals surface area contributed by atoms with Crippen molar-refractivity contribution in [2.75, 3.05) is 0 Å². The molecule has 0 fully saturated rings. The molecule has 0 amide bonds. The topological polar surface area (TPSA) is 26.3 Å². The van der Waals surface area contributed by atoms with E-state index in [4.69, 9.17) is 11.6 Å². The lowest BCUT2D eigenvalue weighted by Crippen LogP contribution is -2.27. The molecule has 60 valence electrons. The predicted molar refractivity (Wildman–Crippen MR) is 48.1 cm³/mol. The lowest BCUT2D eigenvalue weighted by Gasteiger charge is -2.21. The van der Waals surface area contributed by atoms with Gasteiger partial charge in [-0.1, -0.05) is 31.9 Å². The second kappa shape index (κ2) is 3.93. The third-order valence-electron chi connectivity index (χ3n) is 0.983. The highest BCUT2D eigenvalue weighted by molar-refractivity contribution is 9.25. The van der Waals surface area contributed by atoms with Crippen molar-refractivity contribution < 1.29 is 9.53 Å². The van der Waals surface area contributed by atoms with Gasteiger partial charge in [-0.15, -0.1) is 0 Å². The Hall–Kier alpha value is 0.720. The fraction of sp³-hybridized carbons (Fsp3) is 0.800. The monoisotopic (exact) mass is 292 g/mol. The van der Waals surface area contributed by atoms with Crippen LogP contribution in [0.1, 0.15) is 13.8 Å². The van der Waals surface area contributed by atoms with E-state index in [0.717, 1.165) is 0 Å². The van der Waals surface area contributed by atoms with Gasteiger partial charge in [0.1, 0.15) is 9.34 Å². The first-order chi connectivity index (χ1) is 4.34. The summed E-state index contributed by atoms with van der Waals surface area (Å²) in [5.41, 5.74) is -0.794. The Bertz CT molecular complexity index is 132. The normalized spacial score (nSPS) is 14.5. The van der Waals surface area contributed by atoms with Crippen LogP contribution in [0.15, 0.2) is 0 Å². The molecule has 0 rings (SSSR count). The van der Waals surface area contributed by atoms with Gasteiger partial charge in [0.2, 0.25) is 0 Å². The fourth-order valence-electron chi connectivity index (χ4n) is 0.242. The summed E-state index contributed by atoms with van der Waals surface area (Å²) in [5.74, 6) is 0. The quantitative estimate of drug-likeness (QED) is 0.577. The molecule has 10 heavy (non-hydrogen) atoms. The molecule has 5 heteroatoms. The van der Waals surface area contributed by atoms with Gasteiger partial charge in [-0.25, -0.2) is 4.79 Å². The number of halogens is 3. The van der Waals surface area contributed by atoms with Crippen LogP contribution in [0, 0.1) is 0 Å². The van der Waals surface area contributed by atoms with Gasteiger partial charge in [-0.3, -0.25) is 0 Å². The molecule has 0 aliphatic carbocycles. The van der Waals surface area contributed by atoms with Crippen molar-refractivity contribution in [3.8, 4) is 0 Å². The molecular formula is C5H7Br2ClO2. The lowest BCUT2D eigenvalue weighted by atomic mass is 10.3. The Labute approximate surface area is 81.5 Å². The summed E-state index contributed by atoms with van der Waals surface area (Å²) in [6.45, 7) is 3.54. The molecule has 0 aromatic heterocycles. The van der Waals surface area contributed by atoms with Crippen molar-refractivity contribution >= 4 is 48.9 Å². The maximum Gasteiger partial charge on any atom is 0.404 e. The van der Waals surface area contributed by atoms with E-state index in [0.29, 0.717) is 0 Å². The number of carbonyl (C=O) groups is 1. The third-order valence-corrected chi connectivity index (χ3v) is 2.36. The number of alkyl halides is 2. The van der Waals surface area contributed by atoms with E-state index in [2.05, 4.69) is 36.6 Å². The molecule has 0 spiro atoms. The van der Waals surface area contributed by atoms with E-state index in [1.54, 1.807) is 6.92 Å². The highest BCUT2D eigenvalue weighted by atomic mass is 79.9. The Kier molecular flexibility index (Phi) is 4.21. The van der Waals surface area contributed by atoms with E-state index in [-0.39, 0.29) is 6.10 Å². The van der Waals surface area contributed by atoms with Crippen LogP contribution in [-0.2, 0) is 4.74 Å². The van der Waals surface area contributed by atoms with Crippen LogP contribution < -0.4 is 0 Å². The summed E-state index contributed by atoms with van der Waals surface area (Å²) in [6, 6.07) is 0. The first kappa shape index (κ1) is 10.7. The molecule has 1 unspecified atom stereocenters. The number of hydrogen-bond acceptors (Lipinski definition) is 2. The summed E-state index contributed by atoms with van der Waals surface area (Å²) in [5, 5.41) is 0. The molecule has 0 aliphatic rings. The summed E-state index contributed by atoms with van der Waals surface area (Å²) >= 11 is 11.5. The standard InChI is InChI=1S/C5H7Br2ClO2/c1-3(5(2,6)7)10-4(8)9/h3H,1-2H3. The molecule has 0 aliphatic heterocycles. The van der Waals surface area contributed by atoms with Crippen molar-refractivity contribution in [3.63, 3.8) is 0 Å². The van der Waals surface area contributed by atoms with E-state index in [1.165, 1.54) is 0 Å². The first-order valence-corrected chi connectivity index (χ1v) is 4.54. The molecule has 0 radical (unpaired) electrons. The molecule has 0 N–H and O–H groups in total. The molecule has 0 aromatic carbocycles. The molecule has 0 saturated carbocycles. The van der Waals surface area contributed by atoms with Crippen molar-refractivity contribution in [3.05, 3.63) is 0 Å². The van der Waals surface area contributed by atoms with Gasteiger partial charge in [-0.05, 0) is 13.8 Å². The highest BCUT2D eigenvalue weighted by Gasteiger charge is 2.27. The summed E-state index contributed by atoms with van der Waals surface area (Å²) in [4.78, 5) is 10.2. The fourth-order valence-corrected chi connectivity index (χ4v) is 0.563. The van der Waals surface area contributed by atoms with E-state index < -0.39 is 8.66 Å². The van der Waals surface area contributed by atoms with Gasteiger partial charge in [-0.2, -0.15) is 0 Å². The molecule has 0 saturated heterocycles. The van der Waals surface area contributed by atoms with E-state index >= 15 is 0 Å². The lowest BCUT2D eigenvalue weighted by molar-refractivity contribution is 0.129. The summed E-state index contributed by atoms with van der Waals surface area (Å²) in [6.07, 6.45) is -0.308. The Morgan fingerprint density at radius 3 is 2.20 bits per heavy atom.